The van der Waals surface area contributed by atoms with Gasteiger partial charge >= 0.3 is 5.97 Å². The molecule has 100 valence electrons. The second kappa shape index (κ2) is 4.69. The Labute approximate surface area is 105 Å². The summed E-state index contributed by atoms with van der Waals surface area (Å²) in [6, 6.07) is 0. The van der Waals surface area contributed by atoms with Crippen molar-refractivity contribution in [3.05, 3.63) is 11.8 Å². The van der Waals surface area contributed by atoms with E-state index in [0.717, 1.165) is 19.3 Å². The summed E-state index contributed by atoms with van der Waals surface area (Å²) in [5.74, 6) is -1.28. The third-order valence-electron chi connectivity index (χ3n) is 2.92. The highest BCUT2D eigenvalue weighted by Crippen LogP contribution is 2.22. The molecule has 1 fully saturated rings. The Balaban J connectivity index is 2.43. The van der Waals surface area contributed by atoms with Crippen molar-refractivity contribution in [3.8, 4) is 0 Å². The Bertz CT molecular complexity index is 558. The van der Waals surface area contributed by atoms with Crippen LogP contribution < -0.4 is 0 Å². The summed E-state index contributed by atoms with van der Waals surface area (Å²) in [6.07, 6.45) is 3.81. The highest BCUT2D eigenvalue weighted by atomic mass is 32.2. The molecule has 1 aliphatic heterocycles. The van der Waals surface area contributed by atoms with E-state index < -0.39 is 16.0 Å². The summed E-state index contributed by atoms with van der Waals surface area (Å²) in [5.41, 5.74) is -0.275. The summed E-state index contributed by atoms with van der Waals surface area (Å²) in [4.78, 5) is 11.0. The lowest BCUT2D eigenvalue weighted by molar-refractivity contribution is 0.0692. The second-order valence-electron chi connectivity index (χ2n) is 4.29. The summed E-state index contributed by atoms with van der Waals surface area (Å²) < 4.78 is 27.1. The molecular formula is C10H15N3O4S. The monoisotopic (exact) mass is 273 g/mol. The van der Waals surface area contributed by atoms with Gasteiger partial charge in [-0.15, -0.1) is 0 Å². The van der Waals surface area contributed by atoms with E-state index in [1.54, 1.807) is 0 Å². The molecule has 0 radical (unpaired) electrons. The first kappa shape index (κ1) is 13.0. The quantitative estimate of drug-likeness (QED) is 0.854. The standard InChI is InChI=1S/C10H15N3O4S/c1-12-7-8(10(14)15)9(11-12)18(16,17)13-5-3-2-4-6-13/h7H,2-6H2,1H3,(H,14,15). The molecule has 8 heteroatoms. The van der Waals surface area contributed by atoms with E-state index in [1.807, 2.05) is 0 Å². The van der Waals surface area contributed by atoms with Gasteiger partial charge in [-0.1, -0.05) is 6.42 Å². The Kier molecular flexibility index (Phi) is 3.40. The average Bonchev–Trinajstić information content (AvgIpc) is 2.73. The minimum Gasteiger partial charge on any atom is -0.478 e. The zero-order chi connectivity index (χ0) is 13.3. The fraction of sp³-hybridized carbons (Fsp3) is 0.600. The van der Waals surface area contributed by atoms with Crippen LogP contribution in [-0.4, -0.2) is 46.7 Å². The number of aromatic nitrogens is 2. The van der Waals surface area contributed by atoms with Gasteiger partial charge in [0.2, 0.25) is 5.03 Å². The lowest BCUT2D eigenvalue weighted by Crippen LogP contribution is -2.36. The summed E-state index contributed by atoms with van der Waals surface area (Å²) >= 11 is 0. The number of rotatable bonds is 3. The number of carbonyl (C=O) groups is 1. The average molecular weight is 273 g/mol. The molecule has 1 saturated heterocycles. The van der Waals surface area contributed by atoms with Gasteiger partial charge < -0.3 is 5.11 Å². The Morgan fingerprint density at radius 3 is 2.50 bits per heavy atom. The zero-order valence-corrected chi connectivity index (χ0v) is 10.9. The first-order valence-corrected chi connectivity index (χ1v) is 7.14. The van der Waals surface area contributed by atoms with E-state index in [2.05, 4.69) is 5.10 Å². The maximum Gasteiger partial charge on any atom is 0.340 e. The fourth-order valence-electron chi connectivity index (χ4n) is 2.03. The van der Waals surface area contributed by atoms with Crippen LogP contribution in [0.25, 0.3) is 0 Å². The number of hydrogen-bond donors (Lipinski definition) is 1. The number of carboxylic acid groups (broad SMARTS) is 1. The molecule has 1 aromatic heterocycles. The van der Waals surface area contributed by atoms with Gasteiger partial charge in [-0.3, -0.25) is 4.68 Å². The van der Waals surface area contributed by atoms with Crippen molar-refractivity contribution in [3.63, 3.8) is 0 Å². The van der Waals surface area contributed by atoms with Crippen molar-refractivity contribution in [1.29, 1.82) is 0 Å². The summed E-state index contributed by atoms with van der Waals surface area (Å²) in [7, 11) is -2.29. The molecule has 18 heavy (non-hydrogen) atoms. The van der Waals surface area contributed by atoms with Crippen molar-refractivity contribution in [1.82, 2.24) is 14.1 Å². The van der Waals surface area contributed by atoms with Gasteiger partial charge in [-0.25, -0.2) is 13.2 Å². The highest BCUT2D eigenvalue weighted by Gasteiger charge is 2.32. The molecular weight excluding hydrogens is 258 g/mol. The summed E-state index contributed by atoms with van der Waals surface area (Å²) in [6.45, 7) is 0.857. The molecule has 0 aromatic carbocycles. The van der Waals surface area contributed by atoms with Gasteiger partial charge in [0.15, 0.2) is 0 Å². The molecule has 1 N–H and O–H groups in total. The van der Waals surface area contributed by atoms with Gasteiger partial charge in [0.05, 0.1) is 0 Å². The molecule has 2 heterocycles. The molecule has 0 aliphatic carbocycles. The van der Waals surface area contributed by atoms with Gasteiger partial charge in [0, 0.05) is 26.3 Å². The molecule has 0 unspecified atom stereocenters. The number of carboxylic acids is 1. The van der Waals surface area contributed by atoms with Gasteiger partial charge in [-0.2, -0.15) is 9.40 Å². The largest absolute Gasteiger partial charge is 0.478 e. The second-order valence-corrected chi connectivity index (χ2v) is 6.14. The number of aromatic carboxylic acids is 1. The van der Waals surface area contributed by atoms with Crippen molar-refractivity contribution >= 4 is 16.0 Å². The molecule has 2 rings (SSSR count). The van der Waals surface area contributed by atoms with Crippen molar-refractivity contribution < 1.29 is 18.3 Å². The number of nitrogens with zero attached hydrogens (tertiary/aromatic N) is 3. The van der Waals surface area contributed by atoms with Crippen molar-refractivity contribution in [2.24, 2.45) is 7.05 Å². The Morgan fingerprint density at radius 1 is 1.33 bits per heavy atom. The molecule has 1 aliphatic rings. The lowest BCUT2D eigenvalue weighted by Gasteiger charge is -2.24. The molecule has 0 saturated carbocycles. The van der Waals surface area contributed by atoms with E-state index in [4.69, 9.17) is 5.11 Å². The van der Waals surface area contributed by atoms with Crippen molar-refractivity contribution in [2.45, 2.75) is 24.3 Å². The van der Waals surface area contributed by atoms with Crippen LogP contribution in [0.3, 0.4) is 0 Å². The van der Waals surface area contributed by atoms with Crippen LogP contribution in [0.1, 0.15) is 29.6 Å². The number of sulfonamides is 1. The Morgan fingerprint density at radius 2 is 1.94 bits per heavy atom. The molecule has 0 spiro atoms. The van der Waals surface area contributed by atoms with E-state index in [1.165, 1.54) is 22.2 Å². The molecule has 0 bridgehead atoms. The fourth-order valence-corrected chi connectivity index (χ4v) is 3.67. The first-order valence-electron chi connectivity index (χ1n) is 5.70. The maximum atomic E-state index is 12.3. The van der Waals surface area contributed by atoms with Crippen LogP contribution >= 0.6 is 0 Å². The predicted octanol–water partition coefficient (Wildman–Crippen LogP) is 0.293. The number of piperidine rings is 1. The Hall–Kier alpha value is -1.41. The number of aryl methyl sites for hydroxylation is 1. The van der Waals surface area contributed by atoms with Gasteiger partial charge in [0.25, 0.3) is 10.0 Å². The van der Waals surface area contributed by atoms with Crippen LogP contribution in [-0.2, 0) is 17.1 Å². The van der Waals surface area contributed by atoms with Crippen LogP contribution in [0.2, 0.25) is 0 Å². The predicted molar refractivity (Wildman–Crippen MR) is 62.8 cm³/mol. The highest BCUT2D eigenvalue weighted by molar-refractivity contribution is 7.89. The summed E-state index contributed by atoms with van der Waals surface area (Å²) in [5, 5.41) is 12.4. The lowest BCUT2D eigenvalue weighted by atomic mass is 10.2. The zero-order valence-electron chi connectivity index (χ0n) is 10.0. The van der Waals surface area contributed by atoms with Crippen LogP contribution in [0.5, 0.6) is 0 Å². The first-order chi connectivity index (χ1) is 8.43. The van der Waals surface area contributed by atoms with Crippen LogP contribution in [0.4, 0.5) is 0 Å². The van der Waals surface area contributed by atoms with Gasteiger partial charge in [-0.05, 0) is 12.8 Å². The topological polar surface area (TPSA) is 92.5 Å². The third kappa shape index (κ3) is 2.25. The number of hydrogen-bond acceptors (Lipinski definition) is 4. The smallest absolute Gasteiger partial charge is 0.340 e. The van der Waals surface area contributed by atoms with Gasteiger partial charge in [0.1, 0.15) is 5.56 Å². The third-order valence-corrected chi connectivity index (χ3v) is 4.76. The normalized spacial score (nSPS) is 17.8. The van der Waals surface area contributed by atoms with E-state index >= 15 is 0 Å². The van der Waals surface area contributed by atoms with E-state index in [9.17, 15) is 13.2 Å². The van der Waals surface area contributed by atoms with Crippen LogP contribution in [0.15, 0.2) is 11.2 Å². The maximum absolute atomic E-state index is 12.3. The molecule has 0 atom stereocenters. The van der Waals surface area contributed by atoms with E-state index in [0.29, 0.717) is 13.1 Å². The minimum atomic E-state index is -3.80. The van der Waals surface area contributed by atoms with Crippen LogP contribution in [0, 0.1) is 0 Å². The molecule has 7 nitrogen and oxygen atoms in total. The van der Waals surface area contributed by atoms with Crippen molar-refractivity contribution in [2.75, 3.05) is 13.1 Å². The SMILES string of the molecule is Cn1cc(C(=O)O)c(S(=O)(=O)N2CCCCC2)n1. The minimum absolute atomic E-state index is 0.275. The van der Waals surface area contributed by atoms with E-state index in [-0.39, 0.29) is 10.6 Å². The molecule has 1 aromatic rings. The molecule has 0 amide bonds.